The van der Waals surface area contributed by atoms with Crippen LogP contribution in [0.25, 0.3) is 0 Å². The summed E-state index contributed by atoms with van der Waals surface area (Å²) in [5.74, 6) is -1.86. The molecule has 1 saturated carbocycles. The molecule has 1 aromatic carbocycles. The van der Waals surface area contributed by atoms with E-state index in [9.17, 15) is 14.3 Å². The third kappa shape index (κ3) is 2.58. The van der Waals surface area contributed by atoms with Crippen LogP contribution in [0.5, 0.6) is 0 Å². The maximum Gasteiger partial charge on any atom is 0.306 e. The third-order valence-corrected chi connectivity index (χ3v) is 3.41. The summed E-state index contributed by atoms with van der Waals surface area (Å²) in [7, 11) is 0. The first-order chi connectivity index (χ1) is 7.89. The molecule has 0 atom stereocenters. The van der Waals surface area contributed by atoms with Gasteiger partial charge >= 0.3 is 5.97 Å². The van der Waals surface area contributed by atoms with Gasteiger partial charge in [-0.15, -0.1) is 0 Å². The van der Waals surface area contributed by atoms with E-state index in [1.807, 2.05) is 0 Å². The molecule has 0 radical (unpaired) electrons. The van der Waals surface area contributed by atoms with Crippen molar-refractivity contribution in [1.29, 1.82) is 0 Å². The Balaban J connectivity index is 2.02. The first-order valence-corrected chi connectivity index (χ1v) is 5.66. The number of hydrogen-bond acceptors (Lipinski definition) is 2. The van der Waals surface area contributed by atoms with Crippen LogP contribution in [-0.2, 0) is 11.2 Å². The van der Waals surface area contributed by atoms with E-state index in [-0.39, 0.29) is 17.9 Å². The predicted octanol–water partition coefficient (Wildman–Crippen LogP) is 2.25. The van der Waals surface area contributed by atoms with Crippen LogP contribution in [0, 0.1) is 11.7 Å². The van der Waals surface area contributed by atoms with E-state index in [0.717, 1.165) is 0 Å². The van der Waals surface area contributed by atoms with Crippen molar-refractivity contribution in [2.24, 2.45) is 5.92 Å². The van der Waals surface area contributed by atoms with E-state index < -0.39 is 23.3 Å². The maximum absolute atomic E-state index is 12.9. The number of carbonyl (C=O) groups is 1. The molecule has 2 rings (SSSR count). The number of carboxylic acid groups (broad SMARTS) is 1. The number of benzene rings is 1. The van der Waals surface area contributed by atoms with Crippen molar-refractivity contribution < 1.29 is 19.4 Å². The van der Waals surface area contributed by atoms with E-state index in [2.05, 4.69) is 0 Å². The SMILES string of the molecule is O=C(O)C1CC(O)(Cc2ccc(F)c(Cl)c2)C1. The molecule has 5 heteroatoms. The van der Waals surface area contributed by atoms with Gasteiger partial charge in [0, 0.05) is 6.42 Å². The molecule has 0 saturated heterocycles. The maximum atomic E-state index is 12.9. The van der Waals surface area contributed by atoms with Gasteiger partial charge in [-0.1, -0.05) is 17.7 Å². The molecule has 3 nitrogen and oxygen atoms in total. The summed E-state index contributed by atoms with van der Waals surface area (Å²) in [6, 6.07) is 4.25. The third-order valence-electron chi connectivity index (χ3n) is 3.12. The molecular formula is C12H12ClFO3. The minimum absolute atomic E-state index is 0.0141. The summed E-state index contributed by atoms with van der Waals surface area (Å²) >= 11 is 5.63. The predicted molar refractivity (Wildman–Crippen MR) is 60.4 cm³/mol. The summed E-state index contributed by atoms with van der Waals surface area (Å²) in [6.45, 7) is 0. The van der Waals surface area contributed by atoms with Crippen molar-refractivity contribution in [2.45, 2.75) is 24.9 Å². The lowest BCUT2D eigenvalue weighted by Crippen LogP contribution is -2.48. The molecule has 1 aromatic rings. The zero-order valence-electron chi connectivity index (χ0n) is 8.99. The highest BCUT2D eigenvalue weighted by Crippen LogP contribution is 2.40. The van der Waals surface area contributed by atoms with Gasteiger partial charge in [0.2, 0.25) is 0 Å². The van der Waals surface area contributed by atoms with Gasteiger partial charge in [0.15, 0.2) is 0 Å². The molecule has 17 heavy (non-hydrogen) atoms. The Kier molecular flexibility index (Phi) is 3.10. The number of rotatable bonds is 3. The van der Waals surface area contributed by atoms with Gasteiger partial charge < -0.3 is 10.2 Å². The minimum Gasteiger partial charge on any atom is -0.481 e. The van der Waals surface area contributed by atoms with Gasteiger partial charge in [-0.2, -0.15) is 0 Å². The lowest BCUT2D eigenvalue weighted by molar-refractivity contribution is -0.158. The molecule has 92 valence electrons. The summed E-state index contributed by atoms with van der Waals surface area (Å²) in [4.78, 5) is 10.6. The highest BCUT2D eigenvalue weighted by atomic mass is 35.5. The fraction of sp³-hybridized carbons (Fsp3) is 0.417. The second-order valence-electron chi connectivity index (χ2n) is 4.59. The van der Waals surface area contributed by atoms with Crippen LogP contribution in [-0.4, -0.2) is 21.8 Å². The van der Waals surface area contributed by atoms with Gasteiger partial charge in [0.1, 0.15) is 5.82 Å². The Bertz CT molecular complexity index is 455. The molecule has 0 heterocycles. The van der Waals surface area contributed by atoms with E-state index in [1.54, 1.807) is 6.07 Å². The average molecular weight is 259 g/mol. The number of aliphatic carboxylic acids is 1. The monoisotopic (exact) mass is 258 g/mol. The lowest BCUT2D eigenvalue weighted by Gasteiger charge is -2.41. The van der Waals surface area contributed by atoms with Crippen LogP contribution in [0.4, 0.5) is 4.39 Å². The van der Waals surface area contributed by atoms with Gasteiger partial charge in [-0.05, 0) is 30.5 Å². The van der Waals surface area contributed by atoms with Gasteiger partial charge in [-0.25, -0.2) is 4.39 Å². The van der Waals surface area contributed by atoms with E-state index in [4.69, 9.17) is 16.7 Å². The fourth-order valence-corrected chi connectivity index (χ4v) is 2.41. The quantitative estimate of drug-likeness (QED) is 0.874. The molecule has 0 aromatic heterocycles. The molecule has 0 aliphatic heterocycles. The van der Waals surface area contributed by atoms with E-state index in [0.29, 0.717) is 12.0 Å². The molecule has 1 aliphatic carbocycles. The largest absolute Gasteiger partial charge is 0.481 e. The van der Waals surface area contributed by atoms with Crippen LogP contribution in [0.3, 0.4) is 0 Å². The fourth-order valence-electron chi connectivity index (χ4n) is 2.21. The number of hydrogen-bond donors (Lipinski definition) is 2. The molecular weight excluding hydrogens is 247 g/mol. The second kappa shape index (κ2) is 4.27. The Morgan fingerprint density at radius 3 is 2.71 bits per heavy atom. The molecule has 0 amide bonds. The van der Waals surface area contributed by atoms with Crippen molar-refractivity contribution in [2.75, 3.05) is 0 Å². The van der Waals surface area contributed by atoms with Crippen molar-refractivity contribution in [3.63, 3.8) is 0 Å². The molecule has 1 aliphatic rings. The van der Waals surface area contributed by atoms with E-state index >= 15 is 0 Å². The molecule has 0 spiro atoms. The van der Waals surface area contributed by atoms with Crippen molar-refractivity contribution in [3.8, 4) is 0 Å². The van der Waals surface area contributed by atoms with Crippen molar-refractivity contribution >= 4 is 17.6 Å². The van der Waals surface area contributed by atoms with Crippen LogP contribution >= 0.6 is 11.6 Å². The lowest BCUT2D eigenvalue weighted by atomic mass is 9.68. The summed E-state index contributed by atoms with van der Waals surface area (Å²) < 4.78 is 12.9. The summed E-state index contributed by atoms with van der Waals surface area (Å²) in [5, 5.41) is 18.8. The molecule has 1 fully saturated rings. The Labute approximate surface area is 103 Å². The highest BCUT2D eigenvalue weighted by molar-refractivity contribution is 6.30. The Hall–Kier alpha value is -1.13. The summed E-state index contributed by atoms with van der Waals surface area (Å²) in [5.41, 5.74) is -0.285. The molecule has 0 unspecified atom stereocenters. The smallest absolute Gasteiger partial charge is 0.306 e. The standard InChI is InChI=1S/C12H12ClFO3/c13-9-3-7(1-2-10(9)14)4-12(17)5-8(6-12)11(15)16/h1-3,8,17H,4-6H2,(H,15,16). The average Bonchev–Trinajstić information content (AvgIpc) is 2.19. The summed E-state index contributed by atoms with van der Waals surface area (Å²) in [6.07, 6.45) is 0.769. The number of aliphatic hydroxyl groups is 1. The second-order valence-corrected chi connectivity index (χ2v) is 5.00. The van der Waals surface area contributed by atoms with Crippen LogP contribution in [0.1, 0.15) is 18.4 Å². The van der Waals surface area contributed by atoms with E-state index in [1.165, 1.54) is 12.1 Å². The van der Waals surface area contributed by atoms with Crippen molar-refractivity contribution in [3.05, 3.63) is 34.6 Å². The first kappa shape index (κ1) is 12.3. The van der Waals surface area contributed by atoms with Gasteiger partial charge in [-0.3, -0.25) is 4.79 Å². The molecule has 2 N–H and O–H groups in total. The first-order valence-electron chi connectivity index (χ1n) is 5.29. The number of halogens is 2. The van der Waals surface area contributed by atoms with Crippen LogP contribution < -0.4 is 0 Å². The van der Waals surface area contributed by atoms with Crippen LogP contribution in [0.15, 0.2) is 18.2 Å². The Morgan fingerprint density at radius 2 is 2.18 bits per heavy atom. The minimum atomic E-state index is -0.996. The number of carboxylic acids is 1. The molecule has 0 bridgehead atoms. The van der Waals surface area contributed by atoms with Crippen molar-refractivity contribution in [1.82, 2.24) is 0 Å². The topological polar surface area (TPSA) is 57.5 Å². The highest BCUT2D eigenvalue weighted by Gasteiger charge is 2.46. The normalized spacial score (nSPS) is 27.6. The zero-order chi connectivity index (χ0) is 12.6. The van der Waals surface area contributed by atoms with Crippen LogP contribution in [0.2, 0.25) is 5.02 Å². The Morgan fingerprint density at radius 1 is 1.53 bits per heavy atom. The zero-order valence-corrected chi connectivity index (χ0v) is 9.75. The van der Waals surface area contributed by atoms with Gasteiger partial charge in [0.05, 0.1) is 16.5 Å². The van der Waals surface area contributed by atoms with Gasteiger partial charge in [0.25, 0.3) is 0 Å².